The van der Waals surface area contributed by atoms with Crippen LogP contribution in [0.4, 0.5) is 0 Å². The van der Waals surface area contributed by atoms with Crippen LogP contribution in [0.5, 0.6) is 0 Å². The van der Waals surface area contributed by atoms with Crippen molar-refractivity contribution in [1.29, 1.82) is 0 Å². The highest BCUT2D eigenvalue weighted by Crippen LogP contribution is 2.40. The number of nitrogens with zero attached hydrogens (tertiary/aromatic N) is 1. The van der Waals surface area contributed by atoms with Gasteiger partial charge in [0.1, 0.15) is 26.9 Å². The van der Waals surface area contributed by atoms with Gasteiger partial charge in [-0.1, -0.05) is 72.9 Å². The van der Waals surface area contributed by atoms with Gasteiger partial charge in [0.25, 0.3) is 0 Å². The van der Waals surface area contributed by atoms with Crippen LogP contribution in [-0.4, -0.2) is 20.7 Å². The maximum absolute atomic E-state index is 6.27. The molecule has 0 aliphatic heterocycles. The first-order valence-corrected chi connectivity index (χ1v) is 11.4. The third kappa shape index (κ3) is 3.00. The molecule has 0 unspecified atom stereocenters. The third-order valence-corrected chi connectivity index (χ3v) is 7.54. The van der Waals surface area contributed by atoms with E-state index < -0.39 is 0 Å². The van der Waals surface area contributed by atoms with Gasteiger partial charge in [-0.05, 0) is 47.0 Å². The number of rotatable bonds is 3. The van der Waals surface area contributed by atoms with Gasteiger partial charge in [0.15, 0.2) is 0 Å². The summed E-state index contributed by atoms with van der Waals surface area (Å²) in [5, 5.41) is 5.02. The van der Waals surface area contributed by atoms with Crippen LogP contribution < -0.4 is 0 Å². The molecule has 0 atom stereocenters. The highest BCUT2D eigenvalue weighted by molar-refractivity contribution is 6.40. The zero-order valence-corrected chi connectivity index (χ0v) is 18.2. The Bertz CT molecular complexity index is 1430. The van der Waals surface area contributed by atoms with Gasteiger partial charge in [0, 0.05) is 22.5 Å². The Morgan fingerprint density at radius 1 is 0.839 bits per heavy atom. The molecule has 5 aromatic rings. The largest absolute Gasteiger partial charge is 0.456 e. The number of benzene rings is 3. The molecule has 3 aromatic carbocycles. The maximum Gasteiger partial charge on any atom is 0.136 e. The Hall–Kier alpha value is -3.00. The first kappa shape index (κ1) is 18.7. The molecule has 0 radical (unpaired) electrons. The SMILES string of the molecule is BC(B)(c1ccnc(-c2ccc3c(c2)oc2ccc4ccccc4c23)c1)C1CCCC1. The summed E-state index contributed by atoms with van der Waals surface area (Å²) < 4.78 is 6.27. The van der Waals surface area contributed by atoms with Crippen LogP contribution in [-0.2, 0) is 5.21 Å². The highest BCUT2D eigenvalue weighted by Gasteiger charge is 2.33. The van der Waals surface area contributed by atoms with Crippen LogP contribution in [0, 0.1) is 5.92 Å². The molecule has 0 N–H and O–H groups in total. The summed E-state index contributed by atoms with van der Waals surface area (Å²) >= 11 is 0. The van der Waals surface area contributed by atoms with E-state index in [0.29, 0.717) is 0 Å². The summed E-state index contributed by atoms with van der Waals surface area (Å²) in [6.45, 7) is 0. The molecule has 1 saturated carbocycles. The van der Waals surface area contributed by atoms with E-state index >= 15 is 0 Å². The molecule has 0 saturated heterocycles. The standard InChI is InChI=1S/C27H25B2NO/c28-27(29,19-6-2-3-7-19)20-13-14-30-23(16-20)18-9-11-22-25(15-18)31-24-12-10-17-5-1-4-8-21(17)26(22)24/h1,4-5,8-16,19H,2-3,6-7,28-29H2. The van der Waals surface area contributed by atoms with Crippen LogP contribution >= 0.6 is 0 Å². The summed E-state index contributed by atoms with van der Waals surface area (Å²) in [7, 11) is 4.80. The molecule has 2 nitrogen and oxygen atoms in total. The molecule has 0 bridgehead atoms. The van der Waals surface area contributed by atoms with Crippen molar-refractivity contribution >= 4 is 48.4 Å². The van der Waals surface area contributed by atoms with Gasteiger partial charge >= 0.3 is 0 Å². The fourth-order valence-corrected chi connectivity index (χ4v) is 5.58. The van der Waals surface area contributed by atoms with Crippen LogP contribution in [0.1, 0.15) is 31.2 Å². The number of hydrogen-bond donors (Lipinski definition) is 0. The van der Waals surface area contributed by atoms with Gasteiger partial charge < -0.3 is 4.42 Å². The summed E-state index contributed by atoms with van der Waals surface area (Å²) in [6, 6.07) is 23.8. The summed E-state index contributed by atoms with van der Waals surface area (Å²) in [5.41, 5.74) is 5.39. The Kier molecular flexibility index (Phi) is 4.24. The van der Waals surface area contributed by atoms with Crippen molar-refractivity contribution in [3.63, 3.8) is 0 Å². The topological polar surface area (TPSA) is 26.0 Å². The molecule has 0 amide bonds. The van der Waals surface area contributed by atoms with E-state index in [1.807, 2.05) is 6.20 Å². The molecule has 2 heterocycles. The number of hydrogen-bond acceptors (Lipinski definition) is 2. The minimum Gasteiger partial charge on any atom is -0.456 e. The Labute approximate surface area is 184 Å². The van der Waals surface area contributed by atoms with Gasteiger partial charge in [0.05, 0.1) is 5.69 Å². The Morgan fingerprint density at radius 2 is 1.68 bits per heavy atom. The number of fused-ring (bicyclic) bond motifs is 5. The van der Waals surface area contributed by atoms with Gasteiger partial charge in [0.2, 0.25) is 0 Å². The fraction of sp³-hybridized carbons (Fsp3) is 0.222. The van der Waals surface area contributed by atoms with Crippen molar-refractivity contribution in [3.05, 3.63) is 78.5 Å². The lowest BCUT2D eigenvalue weighted by Crippen LogP contribution is -2.35. The molecule has 4 heteroatoms. The van der Waals surface area contributed by atoms with E-state index in [2.05, 4.69) is 82.4 Å². The number of aromatic nitrogens is 1. The predicted molar refractivity (Wildman–Crippen MR) is 135 cm³/mol. The summed E-state index contributed by atoms with van der Waals surface area (Å²) in [4.78, 5) is 4.72. The molecular formula is C27H25B2NO. The normalized spacial score (nSPS) is 15.4. The van der Waals surface area contributed by atoms with E-state index in [1.54, 1.807) is 0 Å². The lowest BCUT2D eigenvalue weighted by Gasteiger charge is -2.32. The van der Waals surface area contributed by atoms with Gasteiger partial charge in [-0.2, -0.15) is 0 Å². The molecular weight excluding hydrogens is 376 g/mol. The minimum absolute atomic E-state index is 0.177. The monoisotopic (exact) mass is 401 g/mol. The smallest absolute Gasteiger partial charge is 0.136 e. The van der Waals surface area contributed by atoms with E-state index in [-0.39, 0.29) is 5.21 Å². The van der Waals surface area contributed by atoms with Crippen LogP contribution in [0.25, 0.3) is 44.0 Å². The van der Waals surface area contributed by atoms with Crippen molar-refractivity contribution in [3.8, 4) is 11.3 Å². The summed E-state index contributed by atoms with van der Waals surface area (Å²) in [6.07, 6.45) is 7.37. The van der Waals surface area contributed by atoms with Crippen molar-refractivity contribution in [2.24, 2.45) is 5.92 Å². The van der Waals surface area contributed by atoms with E-state index in [4.69, 9.17) is 9.40 Å². The summed E-state index contributed by atoms with van der Waals surface area (Å²) in [5.74, 6) is 0.758. The Morgan fingerprint density at radius 3 is 2.55 bits per heavy atom. The van der Waals surface area contributed by atoms with Crippen LogP contribution in [0.2, 0.25) is 0 Å². The van der Waals surface area contributed by atoms with Gasteiger partial charge in [-0.25, -0.2) is 0 Å². The predicted octanol–water partition coefficient (Wildman–Crippen LogP) is 5.41. The van der Waals surface area contributed by atoms with E-state index in [9.17, 15) is 0 Å². The quantitative estimate of drug-likeness (QED) is 0.378. The van der Waals surface area contributed by atoms with E-state index in [1.165, 1.54) is 47.4 Å². The first-order chi connectivity index (χ1) is 15.1. The highest BCUT2D eigenvalue weighted by atomic mass is 16.3. The minimum atomic E-state index is 0.177. The van der Waals surface area contributed by atoms with Crippen molar-refractivity contribution in [1.82, 2.24) is 4.98 Å². The molecule has 31 heavy (non-hydrogen) atoms. The number of pyridine rings is 1. The van der Waals surface area contributed by atoms with Gasteiger partial charge in [-0.15, -0.1) is 0 Å². The maximum atomic E-state index is 6.27. The van der Waals surface area contributed by atoms with Crippen molar-refractivity contribution < 1.29 is 4.42 Å². The average molecular weight is 401 g/mol. The van der Waals surface area contributed by atoms with Crippen LogP contribution in [0.3, 0.4) is 0 Å². The number of furan rings is 1. The second kappa shape index (κ2) is 7.02. The van der Waals surface area contributed by atoms with Crippen molar-refractivity contribution in [2.45, 2.75) is 30.9 Å². The van der Waals surface area contributed by atoms with Crippen molar-refractivity contribution in [2.75, 3.05) is 0 Å². The molecule has 6 rings (SSSR count). The zero-order chi connectivity index (χ0) is 21.0. The second-order valence-electron chi connectivity index (χ2n) is 9.61. The Balaban J connectivity index is 1.46. The van der Waals surface area contributed by atoms with E-state index in [0.717, 1.165) is 33.7 Å². The lowest BCUT2D eigenvalue weighted by atomic mass is 9.45. The second-order valence-corrected chi connectivity index (χ2v) is 9.61. The zero-order valence-electron chi connectivity index (χ0n) is 18.2. The molecule has 2 aromatic heterocycles. The fourth-order valence-electron chi connectivity index (χ4n) is 5.58. The molecule has 1 aliphatic rings. The molecule has 150 valence electrons. The lowest BCUT2D eigenvalue weighted by molar-refractivity contribution is 0.486. The first-order valence-electron chi connectivity index (χ1n) is 11.4. The third-order valence-electron chi connectivity index (χ3n) is 7.54. The molecule has 1 aliphatic carbocycles. The average Bonchev–Trinajstić information content (AvgIpc) is 3.47. The molecule has 0 spiro atoms. The van der Waals surface area contributed by atoms with Gasteiger partial charge in [-0.3, -0.25) is 4.98 Å². The van der Waals surface area contributed by atoms with Crippen LogP contribution in [0.15, 0.2) is 77.3 Å². The molecule has 1 fully saturated rings.